The number of benzene rings is 1. The van der Waals surface area contributed by atoms with Gasteiger partial charge in [0.25, 0.3) is 0 Å². The largest absolute Gasteiger partial charge is 0.491 e. The van der Waals surface area contributed by atoms with E-state index in [0.717, 1.165) is 49.0 Å². The fourth-order valence-electron chi connectivity index (χ4n) is 3.18. The summed E-state index contributed by atoms with van der Waals surface area (Å²) in [4.78, 5) is 14.0. The SMILES string of the molecule is Cc1cc(O[C@@H](C)CCC2CCN(C(=O)OC(C)(C)C)CC2)ccc1Br. The number of rotatable bonds is 5. The average Bonchev–Trinajstić information content (AvgIpc) is 2.55. The third kappa shape index (κ3) is 6.82. The van der Waals surface area contributed by atoms with Crippen molar-refractivity contribution in [1.29, 1.82) is 0 Å². The van der Waals surface area contributed by atoms with Crippen molar-refractivity contribution >= 4 is 22.0 Å². The lowest BCUT2D eigenvalue weighted by molar-refractivity contribution is 0.0177. The number of piperidine rings is 1. The van der Waals surface area contributed by atoms with Gasteiger partial charge >= 0.3 is 6.09 Å². The molecule has 0 saturated carbocycles. The molecule has 1 atom stereocenters. The van der Waals surface area contributed by atoms with Crippen LogP contribution < -0.4 is 4.74 Å². The molecule has 26 heavy (non-hydrogen) atoms. The predicted molar refractivity (Wildman–Crippen MR) is 109 cm³/mol. The van der Waals surface area contributed by atoms with Crippen molar-refractivity contribution in [2.45, 2.75) is 72.0 Å². The van der Waals surface area contributed by atoms with Crippen LogP contribution in [0.1, 0.15) is 58.9 Å². The summed E-state index contributed by atoms with van der Waals surface area (Å²) in [5, 5.41) is 0. The highest BCUT2D eigenvalue weighted by Crippen LogP contribution is 2.26. The summed E-state index contributed by atoms with van der Waals surface area (Å²) >= 11 is 3.52. The number of hydrogen-bond acceptors (Lipinski definition) is 3. The van der Waals surface area contributed by atoms with Gasteiger partial charge in [0.2, 0.25) is 0 Å². The minimum absolute atomic E-state index is 0.182. The second kappa shape index (κ2) is 9.12. The van der Waals surface area contributed by atoms with Crippen molar-refractivity contribution in [3.05, 3.63) is 28.2 Å². The van der Waals surface area contributed by atoms with Crippen molar-refractivity contribution in [3.63, 3.8) is 0 Å². The minimum atomic E-state index is -0.425. The van der Waals surface area contributed by atoms with Crippen LogP contribution >= 0.6 is 15.9 Å². The van der Waals surface area contributed by atoms with Crippen LogP contribution in [0.25, 0.3) is 0 Å². The first kappa shape index (κ1) is 21.1. The second-order valence-electron chi connectivity index (χ2n) is 8.33. The monoisotopic (exact) mass is 425 g/mol. The quantitative estimate of drug-likeness (QED) is 0.584. The highest BCUT2D eigenvalue weighted by Gasteiger charge is 2.27. The number of likely N-dealkylation sites (tertiary alicyclic amines) is 1. The summed E-state index contributed by atoms with van der Waals surface area (Å²) in [5.74, 6) is 1.59. The highest BCUT2D eigenvalue weighted by molar-refractivity contribution is 9.10. The molecule has 0 radical (unpaired) electrons. The molecule has 0 N–H and O–H groups in total. The van der Waals surface area contributed by atoms with Crippen molar-refractivity contribution in [2.24, 2.45) is 5.92 Å². The molecule has 4 nitrogen and oxygen atoms in total. The van der Waals surface area contributed by atoms with Crippen LogP contribution in [0.2, 0.25) is 0 Å². The maximum absolute atomic E-state index is 12.1. The van der Waals surface area contributed by atoms with Gasteiger partial charge in [-0.1, -0.05) is 15.9 Å². The Hall–Kier alpha value is -1.23. The number of carbonyl (C=O) groups excluding carboxylic acids is 1. The van der Waals surface area contributed by atoms with Gasteiger partial charge in [-0.05, 0) is 90.0 Å². The summed E-state index contributed by atoms with van der Waals surface area (Å²) in [6.07, 6.45) is 4.27. The van der Waals surface area contributed by atoms with Gasteiger partial charge in [-0.3, -0.25) is 0 Å². The van der Waals surface area contributed by atoms with Crippen LogP contribution in [0.5, 0.6) is 5.75 Å². The first-order valence-electron chi connectivity index (χ1n) is 9.55. The number of nitrogens with zero attached hydrogens (tertiary/aromatic N) is 1. The number of hydrogen-bond donors (Lipinski definition) is 0. The Morgan fingerprint density at radius 1 is 1.31 bits per heavy atom. The molecule has 0 aromatic heterocycles. The zero-order chi connectivity index (χ0) is 19.3. The molecule has 0 bridgehead atoms. The molecule has 1 saturated heterocycles. The molecule has 5 heteroatoms. The van der Waals surface area contributed by atoms with Crippen molar-refractivity contribution < 1.29 is 14.3 Å². The molecule has 0 unspecified atom stereocenters. The zero-order valence-corrected chi connectivity index (χ0v) is 18.3. The Labute approximate surface area is 166 Å². The molecule has 0 aliphatic carbocycles. The summed E-state index contributed by atoms with van der Waals surface area (Å²) in [7, 11) is 0. The lowest BCUT2D eigenvalue weighted by atomic mass is 9.91. The summed E-state index contributed by atoms with van der Waals surface area (Å²) < 4.78 is 12.6. The Morgan fingerprint density at radius 2 is 1.96 bits per heavy atom. The van der Waals surface area contributed by atoms with Crippen LogP contribution in [0.4, 0.5) is 4.79 Å². The van der Waals surface area contributed by atoms with Gasteiger partial charge in [-0.2, -0.15) is 0 Å². The minimum Gasteiger partial charge on any atom is -0.491 e. The third-order valence-corrected chi connectivity index (χ3v) is 5.60. The maximum atomic E-state index is 12.1. The van der Waals surface area contributed by atoms with Gasteiger partial charge in [0.15, 0.2) is 0 Å². The Balaban J connectivity index is 1.70. The van der Waals surface area contributed by atoms with Crippen LogP contribution in [-0.2, 0) is 4.74 Å². The van der Waals surface area contributed by atoms with E-state index in [1.807, 2.05) is 37.8 Å². The van der Waals surface area contributed by atoms with Gasteiger partial charge in [0.1, 0.15) is 11.4 Å². The number of amides is 1. The molecule has 1 aromatic rings. The van der Waals surface area contributed by atoms with Crippen LogP contribution in [-0.4, -0.2) is 35.8 Å². The molecule has 1 amide bonds. The molecular weight excluding hydrogens is 394 g/mol. The topological polar surface area (TPSA) is 38.8 Å². The van der Waals surface area contributed by atoms with Crippen molar-refractivity contribution in [2.75, 3.05) is 13.1 Å². The molecule has 1 aliphatic heterocycles. The Bertz CT molecular complexity index is 604. The van der Waals surface area contributed by atoms with E-state index >= 15 is 0 Å². The van der Waals surface area contributed by atoms with E-state index in [1.54, 1.807) is 0 Å². The van der Waals surface area contributed by atoms with Gasteiger partial charge in [0, 0.05) is 17.6 Å². The molecule has 146 valence electrons. The van der Waals surface area contributed by atoms with Gasteiger partial charge < -0.3 is 14.4 Å². The lowest BCUT2D eigenvalue weighted by Gasteiger charge is -2.33. The smallest absolute Gasteiger partial charge is 0.410 e. The predicted octanol–water partition coefficient (Wildman–Crippen LogP) is 5.95. The van der Waals surface area contributed by atoms with E-state index in [9.17, 15) is 4.79 Å². The van der Waals surface area contributed by atoms with E-state index < -0.39 is 5.60 Å². The van der Waals surface area contributed by atoms with Gasteiger partial charge in [-0.25, -0.2) is 4.79 Å². The standard InChI is InChI=1S/C21H32BrNO3/c1-15-14-18(8-9-19(15)22)25-16(2)6-7-17-10-12-23(13-11-17)20(24)26-21(3,4)5/h8-9,14,16-17H,6-7,10-13H2,1-5H3/t16-/m0/s1. The fourth-order valence-corrected chi connectivity index (χ4v) is 3.43. The molecule has 1 aliphatic rings. The van der Waals surface area contributed by atoms with Gasteiger partial charge in [0.05, 0.1) is 6.10 Å². The van der Waals surface area contributed by atoms with Crippen molar-refractivity contribution in [1.82, 2.24) is 4.90 Å². The Kier molecular flexibility index (Phi) is 7.39. The average molecular weight is 426 g/mol. The second-order valence-corrected chi connectivity index (χ2v) is 9.18. The summed E-state index contributed by atoms with van der Waals surface area (Å²) in [6.45, 7) is 11.5. The highest BCUT2D eigenvalue weighted by atomic mass is 79.9. The third-order valence-electron chi connectivity index (χ3n) is 4.71. The summed E-state index contributed by atoms with van der Waals surface area (Å²) in [6, 6.07) is 6.11. The molecule has 1 aromatic carbocycles. The number of halogens is 1. The van der Waals surface area contributed by atoms with E-state index in [0.29, 0.717) is 5.92 Å². The normalized spacial score (nSPS) is 17.1. The first-order valence-corrected chi connectivity index (χ1v) is 10.3. The van der Waals surface area contributed by atoms with Crippen LogP contribution in [0.3, 0.4) is 0 Å². The van der Waals surface area contributed by atoms with E-state index in [2.05, 4.69) is 35.8 Å². The molecular formula is C21H32BrNO3. The van der Waals surface area contributed by atoms with E-state index in [-0.39, 0.29) is 12.2 Å². The zero-order valence-electron chi connectivity index (χ0n) is 16.7. The van der Waals surface area contributed by atoms with Crippen LogP contribution in [0.15, 0.2) is 22.7 Å². The number of carbonyl (C=O) groups is 1. The summed E-state index contributed by atoms with van der Waals surface area (Å²) in [5.41, 5.74) is 0.760. The fraction of sp³-hybridized carbons (Fsp3) is 0.667. The molecule has 2 rings (SSSR count). The number of aryl methyl sites for hydroxylation is 1. The van der Waals surface area contributed by atoms with Crippen LogP contribution in [0, 0.1) is 12.8 Å². The molecule has 0 spiro atoms. The lowest BCUT2D eigenvalue weighted by Crippen LogP contribution is -2.41. The molecule has 1 heterocycles. The molecule has 1 fully saturated rings. The first-order chi connectivity index (χ1) is 12.1. The maximum Gasteiger partial charge on any atom is 0.410 e. The van der Waals surface area contributed by atoms with E-state index in [1.165, 1.54) is 5.56 Å². The van der Waals surface area contributed by atoms with E-state index in [4.69, 9.17) is 9.47 Å². The Morgan fingerprint density at radius 3 is 2.54 bits per heavy atom. The van der Waals surface area contributed by atoms with Gasteiger partial charge in [-0.15, -0.1) is 0 Å². The van der Waals surface area contributed by atoms with Crippen molar-refractivity contribution in [3.8, 4) is 5.75 Å². The number of ether oxygens (including phenoxy) is 2.